The molecule has 0 fully saturated rings. The molecule has 0 aliphatic rings. The lowest BCUT2D eigenvalue weighted by molar-refractivity contribution is 0.0945. The van der Waals surface area contributed by atoms with Gasteiger partial charge in [0, 0.05) is 12.7 Å². The molecular weight excluding hydrogens is 244 g/mol. The first-order valence-electron chi connectivity index (χ1n) is 5.98. The van der Waals surface area contributed by atoms with Crippen LogP contribution in [-0.4, -0.2) is 10.5 Å². The van der Waals surface area contributed by atoms with Crippen molar-refractivity contribution in [3.05, 3.63) is 57.4 Å². The molecule has 0 saturated heterocycles. The summed E-state index contributed by atoms with van der Waals surface area (Å²) in [6.07, 6.45) is 1.54. The third kappa shape index (κ3) is 2.59. The number of aryl methyl sites for hydroxylation is 2. The highest BCUT2D eigenvalue weighted by molar-refractivity contribution is 5.95. The first-order chi connectivity index (χ1) is 9.00. The smallest absolute Gasteiger partial charge is 0.263 e. The summed E-state index contributed by atoms with van der Waals surface area (Å²) in [6, 6.07) is 5.33. The van der Waals surface area contributed by atoms with E-state index < -0.39 is 0 Å². The number of nitrogens with zero attached hydrogens (tertiary/aromatic N) is 1. The van der Waals surface area contributed by atoms with Crippen LogP contribution in [0.4, 0.5) is 0 Å². The van der Waals surface area contributed by atoms with Crippen molar-refractivity contribution < 1.29 is 9.21 Å². The predicted molar refractivity (Wildman–Crippen MR) is 71.0 cm³/mol. The van der Waals surface area contributed by atoms with Gasteiger partial charge in [-0.05, 0) is 37.6 Å². The number of nitrogens with one attached hydrogen (secondary N) is 1. The first kappa shape index (κ1) is 13.1. The molecule has 2 aromatic rings. The van der Waals surface area contributed by atoms with E-state index in [4.69, 9.17) is 4.42 Å². The van der Waals surface area contributed by atoms with Crippen LogP contribution in [0.5, 0.6) is 0 Å². The lowest BCUT2D eigenvalue weighted by atomic mass is 10.1. The Bertz CT molecular complexity index is 654. The molecule has 0 aliphatic heterocycles. The molecule has 1 N–H and O–H groups in total. The van der Waals surface area contributed by atoms with Gasteiger partial charge >= 0.3 is 0 Å². The summed E-state index contributed by atoms with van der Waals surface area (Å²) in [5.74, 6) is 0.268. The third-order valence-electron chi connectivity index (χ3n) is 3.10. The Morgan fingerprint density at radius 1 is 1.42 bits per heavy atom. The van der Waals surface area contributed by atoms with Gasteiger partial charge in [-0.15, -0.1) is 0 Å². The summed E-state index contributed by atoms with van der Waals surface area (Å²) in [5.41, 5.74) is 1.40. The molecule has 0 atom stereocenters. The summed E-state index contributed by atoms with van der Waals surface area (Å²) in [7, 11) is 1.65. The van der Waals surface area contributed by atoms with Gasteiger partial charge in [0.05, 0.1) is 12.8 Å². The Balaban J connectivity index is 2.24. The van der Waals surface area contributed by atoms with Crippen molar-refractivity contribution >= 4 is 5.91 Å². The predicted octanol–water partition coefficient (Wildman–Crippen LogP) is 1.53. The van der Waals surface area contributed by atoms with Crippen LogP contribution in [0.25, 0.3) is 0 Å². The molecule has 0 unspecified atom stereocenters. The zero-order valence-electron chi connectivity index (χ0n) is 11.2. The van der Waals surface area contributed by atoms with Gasteiger partial charge in [0.2, 0.25) is 0 Å². The zero-order chi connectivity index (χ0) is 14.0. The molecule has 0 saturated carbocycles. The van der Waals surface area contributed by atoms with E-state index in [2.05, 4.69) is 5.32 Å². The molecule has 2 aromatic heterocycles. The van der Waals surface area contributed by atoms with Crippen molar-refractivity contribution in [1.29, 1.82) is 0 Å². The average Bonchev–Trinajstić information content (AvgIpc) is 2.86. The summed E-state index contributed by atoms with van der Waals surface area (Å²) in [6.45, 7) is 3.86. The number of hydrogen-bond acceptors (Lipinski definition) is 3. The van der Waals surface area contributed by atoms with Crippen LogP contribution in [0, 0.1) is 13.8 Å². The number of pyridine rings is 1. The Morgan fingerprint density at radius 2 is 2.16 bits per heavy atom. The number of aromatic nitrogens is 1. The Kier molecular flexibility index (Phi) is 3.55. The van der Waals surface area contributed by atoms with Gasteiger partial charge < -0.3 is 14.3 Å². The maximum atomic E-state index is 12.1. The maximum absolute atomic E-state index is 12.1. The van der Waals surface area contributed by atoms with E-state index >= 15 is 0 Å². The summed E-state index contributed by atoms with van der Waals surface area (Å²) in [5, 5.41) is 2.68. The molecular formula is C14H16N2O3. The van der Waals surface area contributed by atoms with Crippen molar-refractivity contribution in [2.45, 2.75) is 20.4 Å². The summed E-state index contributed by atoms with van der Waals surface area (Å²) < 4.78 is 6.59. The summed E-state index contributed by atoms with van der Waals surface area (Å²) >= 11 is 0. The number of carbonyl (C=O) groups is 1. The fourth-order valence-corrected chi connectivity index (χ4v) is 1.92. The van der Waals surface area contributed by atoms with Gasteiger partial charge in [0.1, 0.15) is 11.3 Å². The molecule has 5 heteroatoms. The quantitative estimate of drug-likeness (QED) is 0.910. The first-order valence-corrected chi connectivity index (χ1v) is 5.98. The highest BCUT2D eigenvalue weighted by Crippen LogP contribution is 2.06. The molecule has 19 heavy (non-hydrogen) atoms. The van der Waals surface area contributed by atoms with Gasteiger partial charge in [-0.2, -0.15) is 0 Å². The minimum absolute atomic E-state index is 0.180. The van der Waals surface area contributed by atoms with Crippen LogP contribution < -0.4 is 10.9 Å². The number of hydrogen-bond donors (Lipinski definition) is 1. The van der Waals surface area contributed by atoms with Crippen LogP contribution >= 0.6 is 0 Å². The standard InChI is InChI=1S/C14H16N2O3/c1-9-7-10(2)16(3)14(18)12(9)13(17)15-8-11-5-4-6-19-11/h4-7H,8H2,1-3H3,(H,15,17). The molecule has 0 radical (unpaired) electrons. The highest BCUT2D eigenvalue weighted by atomic mass is 16.3. The maximum Gasteiger partial charge on any atom is 0.263 e. The third-order valence-corrected chi connectivity index (χ3v) is 3.10. The number of rotatable bonds is 3. The second kappa shape index (κ2) is 5.14. The van der Waals surface area contributed by atoms with Crippen molar-refractivity contribution in [3.63, 3.8) is 0 Å². The van der Waals surface area contributed by atoms with E-state index in [0.29, 0.717) is 11.3 Å². The van der Waals surface area contributed by atoms with Crippen molar-refractivity contribution in [1.82, 2.24) is 9.88 Å². The molecule has 0 aromatic carbocycles. The normalized spacial score (nSPS) is 10.5. The second-order valence-electron chi connectivity index (χ2n) is 4.47. The van der Waals surface area contributed by atoms with E-state index in [9.17, 15) is 9.59 Å². The molecule has 5 nitrogen and oxygen atoms in total. The van der Waals surface area contributed by atoms with E-state index in [1.54, 1.807) is 26.1 Å². The molecule has 1 amide bonds. The fraction of sp³-hybridized carbons (Fsp3) is 0.286. The minimum atomic E-state index is -0.380. The second-order valence-corrected chi connectivity index (χ2v) is 4.47. The van der Waals surface area contributed by atoms with Crippen molar-refractivity contribution in [3.8, 4) is 0 Å². The lowest BCUT2D eigenvalue weighted by Crippen LogP contribution is -2.33. The van der Waals surface area contributed by atoms with Crippen LogP contribution in [0.15, 0.2) is 33.7 Å². The van der Waals surface area contributed by atoms with Gasteiger partial charge in [0.25, 0.3) is 11.5 Å². The minimum Gasteiger partial charge on any atom is -0.467 e. The Hall–Kier alpha value is -2.30. The van der Waals surface area contributed by atoms with Gasteiger partial charge in [-0.1, -0.05) is 0 Å². The van der Waals surface area contributed by atoms with Crippen molar-refractivity contribution in [2.75, 3.05) is 0 Å². The number of furan rings is 1. The Morgan fingerprint density at radius 3 is 2.79 bits per heavy atom. The molecule has 2 heterocycles. The van der Waals surface area contributed by atoms with Gasteiger partial charge in [0.15, 0.2) is 0 Å². The summed E-state index contributed by atoms with van der Waals surface area (Å²) in [4.78, 5) is 24.2. The van der Waals surface area contributed by atoms with E-state index in [0.717, 1.165) is 5.69 Å². The molecule has 0 bridgehead atoms. The SMILES string of the molecule is Cc1cc(C)n(C)c(=O)c1C(=O)NCc1ccco1. The molecule has 2 rings (SSSR count). The number of amides is 1. The van der Waals surface area contributed by atoms with Crippen LogP contribution in [-0.2, 0) is 13.6 Å². The van der Waals surface area contributed by atoms with Crippen LogP contribution in [0.2, 0.25) is 0 Å². The lowest BCUT2D eigenvalue weighted by Gasteiger charge is -2.10. The van der Waals surface area contributed by atoms with Gasteiger partial charge in [-0.3, -0.25) is 9.59 Å². The van der Waals surface area contributed by atoms with E-state index in [1.807, 2.05) is 13.0 Å². The molecule has 100 valence electrons. The van der Waals surface area contributed by atoms with E-state index in [1.165, 1.54) is 10.8 Å². The molecule has 0 aliphatic carbocycles. The average molecular weight is 260 g/mol. The zero-order valence-corrected chi connectivity index (χ0v) is 11.2. The van der Waals surface area contributed by atoms with Crippen molar-refractivity contribution in [2.24, 2.45) is 7.05 Å². The van der Waals surface area contributed by atoms with Crippen LogP contribution in [0.1, 0.15) is 27.4 Å². The monoisotopic (exact) mass is 260 g/mol. The fourth-order valence-electron chi connectivity index (χ4n) is 1.92. The Labute approximate surface area is 110 Å². The van der Waals surface area contributed by atoms with E-state index in [-0.39, 0.29) is 23.6 Å². The topological polar surface area (TPSA) is 64.2 Å². The molecule has 0 spiro atoms. The van der Waals surface area contributed by atoms with Crippen LogP contribution in [0.3, 0.4) is 0 Å². The largest absolute Gasteiger partial charge is 0.467 e. The number of carbonyl (C=O) groups excluding carboxylic acids is 1. The highest BCUT2D eigenvalue weighted by Gasteiger charge is 2.16. The van der Waals surface area contributed by atoms with Gasteiger partial charge in [-0.25, -0.2) is 0 Å².